The summed E-state index contributed by atoms with van der Waals surface area (Å²) in [6.45, 7) is 0. The van der Waals surface area contributed by atoms with Crippen LogP contribution in [0.1, 0.15) is 76.0 Å². The summed E-state index contributed by atoms with van der Waals surface area (Å²) in [7, 11) is 0. The largest absolute Gasteiger partial charge is 0.300 e. The zero-order valence-corrected chi connectivity index (χ0v) is 8.27. The Balaban J connectivity index is 2.71. The molecule has 13 heavy (non-hydrogen) atoms. The first-order chi connectivity index (χ1) is 7.88. The van der Waals surface area contributed by atoms with Gasteiger partial charge in [0.15, 0.2) is 0 Å². The molecule has 0 heterocycles. The molecule has 0 bridgehead atoms. The fraction of sp³-hybridized carbons (Fsp3) is 0.917. The van der Waals surface area contributed by atoms with Gasteiger partial charge in [-0.05, 0) is 12.8 Å². The summed E-state index contributed by atoms with van der Waals surface area (Å²) in [4.78, 5) is 11.8. The minimum absolute atomic E-state index is 0.145. The molecule has 0 aromatic heterocycles. The summed E-state index contributed by atoms with van der Waals surface area (Å²) in [6.07, 6.45) is 2.54. The van der Waals surface area contributed by atoms with Crippen molar-refractivity contribution in [2.75, 3.05) is 0 Å². The molecule has 0 aliphatic heterocycles. The number of Topliss-reactive ketones (excluding diaryl/α,β-unsaturated/α-hetero) is 1. The van der Waals surface area contributed by atoms with Crippen molar-refractivity contribution in [1.29, 1.82) is 0 Å². The molecule has 0 radical (unpaired) electrons. The Kier molecular flexibility index (Phi) is 3.40. The average molecular weight is 186 g/mol. The van der Waals surface area contributed by atoms with Crippen molar-refractivity contribution >= 4 is 5.78 Å². The average Bonchev–Trinajstić information content (AvgIpc) is 2.24. The number of hydrogen-bond acceptors (Lipinski definition) is 1. The van der Waals surface area contributed by atoms with Crippen molar-refractivity contribution in [3.63, 3.8) is 0 Å². The molecule has 1 saturated carbocycles. The molecule has 0 unspecified atom stereocenters. The summed E-state index contributed by atoms with van der Waals surface area (Å²) in [6, 6.07) is 0. The maximum atomic E-state index is 11.8. The van der Waals surface area contributed by atoms with E-state index >= 15 is 0 Å². The molecule has 0 saturated heterocycles. The Morgan fingerprint density at radius 2 is 1.38 bits per heavy atom. The lowest BCUT2D eigenvalue weighted by Gasteiger charge is -2.05. The second-order valence-corrected chi connectivity index (χ2v) is 3.70. The van der Waals surface area contributed by atoms with Gasteiger partial charge in [-0.1, -0.05) is 44.9 Å². The topological polar surface area (TPSA) is 17.1 Å². The van der Waals surface area contributed by atoms with Crippen LogP contribution in [0.3, 0.4) is 0 Å². The van der Waals surface area contributed by atoms with E-state index in [0.29, 0.717) is 12.8 Å². The number of carbonyl (C=O) groups excluding carboxylic acids is 1. The molecular weight excluding hydrogens is 160 g/mol. The normalized spacial score (nSPS) is 35.5. The SMILES string of the molecule is [2H]C1([2H])CCCCCCCCCC(=O)C1([2H])[2H]. The number of carbonyl (C=O) groups is 1. The lowest BCUT2D eigenvalue weighted by Crippen LogP contribution is -1.98. The third-order valence-electron chi connectivity index (χ3n) is 2.43. The molecule has 76 valence electrons. The maximum Gasteiger partial charge on any atom is 0.132 e. The van der Waals surface area contributed by atoms with Crippen molar-refractivity contribution in [3.05, 3.63) is 0 Å². The molecule has 1 rings (SSSR count). The Morgan fingerprint density at radius 1 is 0.846 bits per heavy atom. The fourth-order valence-electron chi connectivity index (χ4n) is 1.61. The van der Waals surface area contributed by atoms with E-state index in [9.17, 15) is 4.79 Å². The van der Waals surface area contributed by atoms with Crippen molar-refractivity contribution in [2.45, 2.75) is 70.5 Å². The molecule has 0 N–H and O–H groups in total. The van der Waals surface area contributed by atoms with Crippen LogP contribution in [-0.2, 0) is 4.79 Å². The minimum Gasteiger partial charge on any atom is -0.300 e. The van der Waals surface area contributed by atoms with Gasteiger partial charge in [-0.25, -0.2) is 0 Å². The summed E-state index contributed by atoms with van der Waals surface area (Å²) in [5.74, 6) is -0.567. The highest BCUT2D eigenvalue weighted by atomic mass is 16.1. The molecule has 1 nitrogen and oxygen atoms in total. The number of ketones is 1. The van der Waals surface area contributed by atoms with Crippen molar-refractivity contribution in [2.24, 2.45) is 0 Å². The Labute approximate surface area is 87.5 Å². The van der Waals surface area contributed by atoms with Crippen LogP contribution in [0.2, 0.25) is 0 Å². The monoisotopic (exact) mass is 186 g/mol. The predicted octanol–water partition coefficient (Wildman–Crippen LogP) is 3.86. The second-order valence-electron chi connectivity index (χ2n) is 3.70. The minimum atomic E-state index is -2.33. The Hall–Kier alpha value is -0.330. The Bertz CT molecular complexity index is 263. The van der Waals surface area contributed by atoms with Gasteiger partial charge in [0, 0.05) is 18.3 Å². The standard InChI is InChI=1S/C12H22O/c13-12-10-8-6-4-2-1-3-5-7-9-11-12/h1-11H2/i8D2,10D2. The van der Waals surface area contributed by atoms with E-state index in [-0.39, 0.29) is 12.8 Å². The van der Waals surface area contributed by atoms with E-state index in [1.165, 1.54) is 0 Å². The number of hydrogen-bond donors (Lipinski definition) is 0. The fourth-order valence-corrected chi connectivity index (χ4v) is 1.61. The first kappa shape index (κ1) is 6.21. The van der Waals surface area contributed by atoms with Crippen LogP contribution in [-0.4, -0.2) is 5.78 Å². The van der Waals surface area contributed by atoms with Gasteiger partial charge in [0.05, 0.1) is 0 Å². The van der Waals surface area contributed by atoms with Gasteiger partial charge in [-0.2, -0.15) is 0 Å². The first-order valence-electron chi connectivity index (χ1n) is 7.41. The van der Waals surface area contributed by atoms with Gasteiger partial charge in [-0.15, -0.1) is 0 Å². The summed E-state index contributed by atoms with van der Waals surface area (Å²) in [5, 5.41) is 0. The highest BCUT2D eigenvalue weighted by Gasteiger charge is 2.02. The molecule has 0 atom stereocenters. The zero-order chi connectivity index (χ0) is 12.9. The van der Waals surface area contributed by atoms with Crippen LogP contribution in [0.25, 0.3) is 0 Å². The van der Waals surface area contributed by atoms with Crippen LogP contribution >= 0.6 is 0 Å². The van der Waals surface area contributed by atoms with Crippen LogP contribution in [0.15, 0.2) is 0 Å². The Morgan fingerprint density at radius 3 is 2.08 bits per heavy atom. The molecule has 0 aromatic carbocycles. The van der Waals surface area contributed by atoms with E-state index in [1.807, 2.05) is 0 Å². The van der Waals surface area contributed by atoms with E-state index in [0.717, 1.165) is 32.1 Å². The highest BCUT2D eigenvalue weighted by Crippen LogP contribution is 2.14. The van der Waals surface area contributed by atoms with Crippen molar-refractivity contribution in [3.8, 4) is 0 Å². The number of rotatable bonds is 0. The van der Waals surface area contributed by atoms with Crippen LogP contribution in [0, 0.1) is 0 Å². The molecule has 1 fully saturated rings. The molecule has 0 amide bonds. The molecule has 1 aliphatic rings. The quantitative estimate of drug-likeness (QED) is 0.561. The molecule has 0 spiro atoms. The van der Waals surface area contributed by atoms with Crippen LogP contribution in [0.5, 0.6) is 0 Å². The lowest BCUT2D eigenvalue weighted by molar-refractivity contribution is -0.119. The summed E-state index contributed by atoms with van der Waals surface area (Å²) in [5.41, 5.74) is 0. The van der Waals surface area contributed by atoms with E-state index in [1.54, 1.807) is 0 Å². The van der Waals surface area contributed by atoms with Gasteiger partial charge in [0.1, 0.15) is 5.78 Å². The van der Waals surface area contributed by atoms with E-state index < -0.39 is 18.5 Å². The van der Waals surface area contributed by atoms with Gasteiger partial charge in [0.2, 0.25) is 0 Å². The first-order valence-corrected chi connectivity index (χ1v) is 5.41. The molecule has 1 heteroatoms. The van der Waals surface area contributed by atoms with E-state index in [2.05, 4.69) is 0 Å². The van der Waals surface area contributed by atoms with Crippen molar-refractivity contribution in [1.82, 2.24) is 0 Å². The van der Waals surface area contributed by atoms with E-state index in [4.69, 9.17) is 5.48 Å². The predicted molar refractivity (Wildman–Crippen MR) is 55.8 cm³/mol. The van der Waals surface area contributed by atoms with Gasteiger partial charge < -0.3 is 0 Å². The summed E-state index contributed by atoms with van der Waals surface area (Å²) < 4.78 is 30.9. The zero-order valence-electron chi connectivity index (χ0n) is 12.3. The smallest absolute Gasteiger partial charge is 0.132 e. The van der Waals surface area contributed by atoms with Crippen molar-refractivity contribution < 1.29 is 10.3 Å². The lowest BCUT2D eigenvalue weighted by atomic mass is 10.0. The third-order valence-corrected chi connectivity index (χ3v) is 2.43. The van der Waals surface area contributed by atoms with Crippen LogP contribution < -0.4 is 0 Å². The van der Waals surface area contributed by atoms with Gasteiger partial charge >= 0.3 is 0 Å². The molecule has 1 aliphatic carbocycles. The third kappa shape index (κ3) is 5.84. The second kappa shape index (κ2) is 7.11. The highest BCUT2D eigenvalue weighted by molar-refractivity contribution is 5.78. The molecular formula is C12H22O. The van der Waals surface area contributed by atoms with Gasteiger partial charge in [-0.3, -0.25) is 4.79 Å². The molecule has 0 aromatic rings. The van der Waals surface area contributed by atoms with Gasteiger partial charge in [0.25, 0.3) is 0 Å². The summed E-state index contributed by atoms with van der Waals surface area (Å²) >= 11 is 0. The maximum absolute atomic E-state index is 11.8. The van der Waals surface area contributed by atoms with Crippen LogP contribution in [0.4, 0.5) is 0 Å².